The number of oxime groups is 1. The van der Waals surface area contributed by atoms with Crippen LogP contribution in [0.5, 0.6) is 0 Å². The van der Waals surface area contributed by atoms with Gasteiger partial charge >= 0.3 is 0 Å². The summed E-state index contributed by atoms with van der Waals surface area (Å²) in [4.78, 5) is 2.23. The Morgan fingerprint density at radius 1 is 1.42 bits per heavy atom. The Labute approximate surface area is 119 Å². The number of halogens is 1. The number of hydrogen-bond acceptors (Lipinski definition) is 3. The first kappa shape index (κ1) is 15.8. The fourth-order valence-electron chi connectivity index (χ4n) is 2.05. The van der Waals surface area contributed by atoms with Gasteiger partial charge in [0, 0.05) is 23.7 Å². The van der Waals surface area contributed by atoms with Crippen molar-refractivity contribution in [3.05, 3.63) is 34.3 Å². The summed E-state index contributed by atoms with van der Waals surface area (Å²) in [6, 6.07) is 5.44. The quantitative estimate of drug-likeness (QED) is 0.386. The van der Waals surface area contributed by atoms with E-state index in [4.69, 9.17) is 22.5 Å². The molecule has 0 aliphatic rings. The summed E-state index contributed by atoms with van der Waals surface area (Å²) in [5.74, 6) is 0.0662. The summed E-state index contributed by atoms with van der Waals surface area (Å²) in [7, 11) is 2.07. The molecule has 0 fully saturated rings. The highest BCUT2D eigenvalue weighted by Gasteiger charge is 2.14. The second kappa shape index (κ2) is 6.26. The lowest BCUT2D eigenvalue weighted by molar-refractivity contribution is 0.221. The molecule has 0 bridgehead atoms. The summed E-state index contributed by atoms with van der Waals surface area (Å²) in [5.41, 5.74) is 7.42. The van der Waals surface area contributed by atoms with E-state index in [-0.39, 0.29) is 11.3 Å². The van der Waals surface area contributed by atoms with Gasteiger partial charge in [-0.1, -0.05) is 49.7 Å². The van der Waals surface area contributed by atoms with E-state index in [1.165, 1.54) is 0 Å². The molecule has 0 aromatic heterocycles. The van der Waals surface area contributed by atoms with Crippen molar-refractivity contribution in [1.82, 2.24) is 4.90 Å². The van der Waals surface area contributed by atoms with Crippen molar-refractivity contribution in [2.45, 2.75) is 27.3 Å². The van der Waals surface area contributed by atoms with E-state index >= 15 is 0 Å². The van der Waals surface area contributed by atoms with E-state index in [2.05, 4.69) is 37.9 Å². The van der Waals surface area contributed by atoms with Crippen molar-refractivity contribution in [2.24, 2.45) is 16.3 Å². The van der Waals surface area contributed by atoms with E-state index in [0.717, 1.165) is 18.7 Å². The minimum atomic E-state index is 0.0662. The Balaban J connectivity index is 2.81. The Hall–Kier alpha value is -1.26. The molecule has 0 atom stereocenters. The summed E-state index contributed by atoms with van der Waals surface area (Å²) in [6.45, 7) is 8.35. The lowest BCUT2D eigenvalue weighted by atomic mass is 9.96. The molecule has 0 unspecified atom stereocenters. The first-order valence-electron chi connectivity index (χ1n) is 6.18. The third-order valence-electron chi connectivity index (χ3n) is 2.64. The standard InChI is InChI=1S/C14H22ClN3O/c1-14(2,3)9-18(4)8-11-6-5-10(7-12(11)15)13(16)17-19/h5-7,19H,8-9H2,1-4H3,(H2,16,17). The molecule has 1 aromatic carbocycles. The van der Waals surface area contributed by atoms with Gasteiger partial charge in [0.15, 0.2) is 5.84 Å². The first-order chi connectivity index (χ1) is 8.73. The topological polar surface area (TPSA) is 61.8 Å². The van der Waals surface area contributed by atoms with Crippen LogP contribution >= 0.6 is 11.6 Å². The summed E-state index contributed by atoms with van der Waals surface area (Å²) >= 11 is 6.23. The van der Waals surface area contributed by atoms with Crippen LogP contribution in [-0.4, -0.2) is 29.5 Å². The molecule has 0 spiro atoms. The van der Waals surface area contributed by atoms with Gasteiger partial charge in [-0.15, -0.1) is 0 Å². The van der Waals surface area contributed by atoms with Crippen LogP contribution in [0.25, 0.3) is 0 Å². The van der Waals surface area contributed by atoms with Crippen LogP contribution in [0.2, 0.25) is 5.02 Å². The van der Waals surface area contributed by atoms with Gasteiger partial charge in [0.1, 0.15) is 0 Å². The van der Waals surface area contributed by atoms with Crippen LogP contribution in [0.3, 0.4) is 0 Å². The third-order valence-corrected chi connectivity index (χ3v) is 2.99. The maximum absolute atomic E-state index is 8.63. The minimum Gasteiger partial charge on any atom is -0.409 e. The Kier molecular flexibility index (Phi) is 5.20. The van der Waals surface area contributed by atoms with Crippen LogP contribution in [0.1, 0.15) is 31.9 Å². The molecule has 4 nitrogen and oxygen atoms in total. The fraction of sp³-hybridized carbons (Fsp3) is 0.500. The van der Waals surface area contributed by atoms with Gasteiger partial charge in [0.2, 0.25) is 0 Å². The molecule has 106 valence electrons. The first-order valence-corrected chi connectivity index (χ1v) is 6.55. The SMILES string of the molecule is CN(Cc1ccc(/C(N)=N/O)cc1Cl)CC(C)(C)C. The summed E-state index contributed by atoms with van der Waals surface area (Å²) < 4.78 is 0. The van der Waals surface area contributed by atoms with Gasteiger partial charge in [-0.25, -0.2) is 0 Å². The number of benzene rings is 1. The number of hydrogen-bond donors (Lipinski definition) is 2. The lowest BCUT2D eigenvalue weighted by Gasteiger charge is -2.26. The molecule has 1 rings (SSSR count). The highest BCUT2D eigenvalue weighted by Crippen LogP contribution is 2.21. The highest BCUT2D eigenvalue weighted by molar-refractivity contribution is 6.31. The van der Waals surface area contributed by atoms with E-state index < -0.39 is 0 Å². The van der Waals surface area contributed by atoms with E-state index in [1.54, 1.807) is 12.1 Å². The second-order valence-corrected chi connectivity index (χ2v) is 6.43. The fourth-order valence-corrected chi connectivity index (χ4v) is 2.29. The number of nitrogens with zero attached hydrogens (tertiary/aromatic N) is 2. The van der Waals surface area contributed by atoms with E-state index in [0.29, 0.717) is 10.6 Å². The molecule has 3 N–H and O–H groups in total. The molecular formula is C14H22ClN3O. The maximum atomic E-state index is 8.63. The second-order valence-electron chi connectivity index (χ2n) is 6.02. The predicted molar refractivity (Wildman–Crippen MR) is 79.8 cm³/mol. The predicted octanol–water partition coefficient (Wildman–Crippen LogP) is 2.91. The molecule has 5 heteroatoms. The number of nitrogens with two attached hydrogens (primary N) is 1. The van der Waals surface area contributed by atoms with E-state index in [1.807, 2.05) is 6.07 Å². The zero-order valence-corrected chi connectivity index (χ0v) is 12.7. The molecule has 0 radical (unpaired) electrons. The van der Waals surface area contributed by atoms with Gasteiger partial charge in [0.25, 0.3) is 0 Å². The Morgan fingerprint density at radius 2 is 2.05 bits per heavy atom. The summed E-state index contributed by atoms with van der Waals surface area (Å²) in [5, 5.41) is 12.2. The largest absolute Gasteiger partial charge is 0.409 e. The third kappa shape index (κ3) is 5.09. The zero-order valence-electron chi connectivity index (χ0n) is 11.9. The molecule has 0 aliphatic carbocycles. The van der Waals surface area contributed by atoms with Crippen LogP contribution < -0.4 is 5.73 Å². The van der Waals surface area contributed by atoms with Crippen molar-refractivity contribution in [3.8, 4) is 0 Å². The molecule has 19 heavy (non-hydrogen) atoms. The monoisotopic (exact) mass is 283 g/mol. The molecule has 0 heterocycles. The van der Waals surface area contributed by atoms with Crippen molar-refractivity contribution in [1.29, 1.82) is 0 Å². The molecular weight excluding hydrogens is 262 g/mol. The minimum absolute atomic E-state index is 0.0662. The van der Waals surface area contributed by atoms with Gasteiger partial charge < -0.3 is 15.8 Å². The maximum Gasteiger partial charge on any atom is 0.170 e. The number of amidine groups is 1. The van der Waals surface area contributed by atoms with Crippen LogP contribution in [0.15, 0.2) is 23.4 Å². The van der Waals surface area contributed by atoms with Gasteiger partial charge in [-0.3, -0.25) is 0 Å². The summed E-state index contributed by atoms with van der Waals surface area (Å²) in [6.07, 6.45) is 0. The van der Waals surface area contributed by atoms with Crippen LogP contribution in [0, 0.1) is 5.41 Å². The molecule has 0 saturated heterocycles. The lowest BCUT2D eigenvalue weighted by Crippen LogP contribution is -2.29. The van der Waals surface area contributed by atoms with Gasteiger partial charge in [0.05, 0.1) is 0 Å². The number of rotatable bonds is 4. The van der Waals surface area contributed by atoms with Crippen LogP contribution in [-0.2, 0) is 6.54 Å². The smallest absolute Gasteiger partial charge is 0.170 e. The average Bonchev–Trinajstić information content (AvgIpc) is 2.28. The Bertz CT molecular complexity index is 466. The molecule has 0 amide bonds. The van der Waals surface area contributed by atoms with Gasteiger partial charge in [-0.05, 0) is 24.1 Å². The van der Waals surface area contributed by atoms with Gasteiger partial charge in [-0.2, -0.15) is 0 Å². The normalized spacial score (nSPS) is 13.1. The van der Waals surface area contributed by atoms with Crippen molar-refractivity contribution in [2.75, 3.05) is 13.6 Å². The molecule has 0 aliphatic heterocycles. The van der Waals surface area contributed by atoms with Crippen molar-refractivity contribution < 1.29 is 5.21 Å². The Morgan fingerprint density at radius 3 is 2.53 bits per heavy atom. The average molecular weight is 284 g/mol. The van der Waals surface area contributed by atoms with Crippen molar-refractivity contribution in [3.63, 3.8) is 0 Å². The highest BCUT2D eigenvalue weighted by atomic mass is 35.5. The molecule has 0 saturated carbocycles. The zero-order chi connectivity index (χ0) is 14.6. The van der Waals surface area contributed by atoms with Crippen LogP contribution in [0.4, 0.5) is 0 Å². The van der Waals surface area contributed by atoms with Crippen molar-refractivity contribution >= 4 is 17.4 Å². The molecule has 1 aromatic rings. The van der Waals surface area contributed by atoms with E-state index in [9.17, 15) is 0 Å².